The summed E-state index contributed by atoms with van der Waals surface area (Å²) in [7, 11) is 0. The van der Waals surface area contributed by atoms with Crippen LogP contribution in [0.4, 0.5) is 0 Å². The summed E-state index contributed by atoms with van der Waals surface area (Å²) in [6.45, 7) is 5.82. The molecule has 0 aliphatic carbocycles. The molecule has 2 unspecified atom stereocenters. The molecule has 0 radical (unpaired) electrons. The number of halogens is 3. The molecule has 2 amide bonds. The lowest BCUT2D eigenvalue weighted by Gasteiger charge is -2.30. The van der Waals surface area contributed by atoms with Gasteiger partial charge in [-0.25, -0.2) is 0 Å². The molecule has 1 N–H and O–H groups in total. The lowest BCUT2D eigenvalue weighted by Crippen LogP contribution is -2.50. The van der Waals surface area contributed by atoms with E-state index in [9.17, 15) is 9.59 Å². The van der Waals surface area contributed by atoms with Gasteiger partial charge in [-0.2, -0.15) is 0 Å². The van der Waals surface area contributed by atoms with Crippen LogP contribution in [0.3, 0.4) is 0 Å². The van der Waals surface area contributed by atoms with E-state index in [1.54, 1.807) is 37.3 Å². The van der Waals surface area contributed by atoms with Crippen LogP contribution >= 0.6 is 34.8 Å². The molecule has 2 aromatic carbocycles. The first-order valence-electron chi connectivity index (χ1n) is 9.50. The number of rotatable bonds is 8. The van der Waals surface area contributed by atoms with Crippen molar-refractivity contribution < 1.29 is 9.59 Å². The van der Waals surface area contributed by atoms with Crippen LogP contribution in [0.15, 0.2) is 42.5 Å². The van der Waals surface area contributed by atoms with Crippen molar-refractivity contribution in [2.75, 3.05) is 0 Å². The van der Waals surface area contributed by atoms with Gasteiger partial charge in [-0.1, -0.05) is 66.0 Å². The van der Waals surface area contributed by atoms with Crippen molar-refractivity contribution in [2.45, 2.75) is 52.2 Å². The van der Waals surface area contributed by atoms with Crippen LogP contribution in [-0.4, -0.2) is 28.8 Å². The number of carbonyl (C=O) groups excluding carboxylic acids is 2. The van der Waals surface area contributed by atoms with Gasteiger partial charge in [0.15, 0.2) is 0 Å². The average Bonchev–Trinajstić information content (AvgIpc) is 2.68. The molecule has 0 aliphatic heterocycles. The summed E-state index contributed by atoms with van der Waals surface area (Å²) in [6, 6.07) is 11.6. The Hall–Kier alpha value is -1.75. The van der Waals surface area contributed by atoms with E-state index in [0.717, 1.165) is 6.42 Å². The number of hydrogen-bond donors (Lipinski definition) is 1. The van der Waals surface area contributed by atoms with Gasteiger partial charge in [0, 0.05) is 27.7 Å². The van der Waals surface area contributed by atoms with E-state index < -0.39 is 6.04 Å². The fourth-order valence-electron chi connectivity index (χ4n) is 2.79. The van der Waals surface area contributed by atoms with Crippen LogP contribution in [-0.2, 0) is 22.6 Å². The highest BCUT2D eigenvalue weighted by molar-refractivity contribution is 6.35. The minimum absolute atomic E-state index is 0.0181. The Bertz CT molecular complexity index is 873. The second-order valence-electron chi connectivity index (χ2n) is 7.02. The van der Waals surface area contributed by atoms with Crippen molar-refractivity contribution in [3.63, 3.8) is 0 Å². The van der Waals surface area contributed by atoms with E-state index in [4.69, 9.17) is 34.8 Å². The Balaban J connectivity index is 2.29. The van der Waals surface area contributed by atoms with Crippen LogP contribution in [0.5, 0.6) is 0 Å². The standard InChI is InChI=1S/C22H25Cl3N2O2/c1-4-14(2)26-22(29)15(3)27(13-17-9-10-18(23)12-20(17)25)21(28)11-16-7-5-6-8-19(16)24/h5-10,12,14-15H,4,11,13H2,1-3H3,(H,26,29). The first-order valence-corrected chi connectivity index (χ1v) is 10.6. The molecule has 0 bridgehead atoms. The predicted molar refractivity (Wildman–Crippen MR) is 120 cm³/mol. The van der Waals surface area contributed by atoms with Crippen molar-refractivity contribution in [1.82, 2.24) is 10.2 Å². The highest BCUT2D eigenvalue weighted by atomic mass is 35.5. The third-order valence-electron chi connectivity index (χ3n) is 4.82. The Kier molecular flexibility index (Phi) is 8.81. The molecule has 0 saturated carbocycles. The molecule has 2 rings (SSSR count). The van der Waals surface area contributed by atoms with Crippen molar-refractivity contribution in [3.05, 3.63) is 68.7 Å². The van der Waals surface area contributed by atoms with Gasteiger partial charge in [0.2, 0.25) is 11.8 Å². The zero-order valence-electron chi connectivity index (χ0n) is 16.7. The van der Waals surface area contributed by atoms with Gasteiger partial charge in [-0.3, -0.25) is 9.59 Å². The second kappa shape index (κ2) is 10.9. The molecule has 2 aromatic rings. The summed E-state index contributed by atoms with van der Waals surface area (Å²) in [4.78, 5) is 27.4. The minimum atomic E-state index is -0.675. The van der Waals surface area contributed by atoms with Gasteiger partial charge in [0.1, 0.15) is 6.04 Å². The monoisotopic (exact) mass is 454 g/mol. The molecule has 29 heavy (non-hydrogen) atoms. The Morgan fingerprint density at radius 1 is 1.00 bits per heavy atom. The lowest BCUT2D eigenvalue weighted by molar-refractivity contribution is -0.140. The molecule has 7 heteroatoms. The summed E-state index contributed by atoms with van der Waals surface area (Å²) < 4.78 is 0. The molecular formula is C22H25Cl3N2O2. The van der Waals surface area contributed by atoms with Gasteiger partial charge < -0.3 is 10.2 Å². The highest BCUT2D eigenvalue weighted by Crippen LogP contribution is 2.24. The molecule has 0 fully saturated rings. The maximum atomic E-state index is 13.2. The van der Waals surface area contributed by atoms with E-state index in [-0.39, 0.29) is 30.8 Å². The van der Waals surface area contributed by atoms with E-state index in [1.165, 1.54) is 4.90 Å². The summed E-state index contributed by atoms with van der Waals surface area (Å²) in [5.41, 5.74) is 1.42. The summed E-state index contributed by atoms with van der Waals surface area (Å²) in [5.74, 6) is -0.423. The molecule has 0 saturated heterocycles. The quantitative estimate of drug-likeness (QED) is 0.569. The molecule has 0 heterocycles. The molecule has 0 aromatic heterocycles. The van der Waals surface area contributed by atoms with E-state index >= 15 is 0 Å². The molecule has 4 nitrogen and oxygen atoms in total. The predicted octanol–water partition coefficient (Wildman–Crippen LogP) is 5.52. The van der Waals surface area contributed by atoms with Crippen LogP contribution in [0.2, 0.25) is 15.1 Å². The fraction of sp³-hybridized carbons (Fsp3) is 0.364. The first-order chi connectivity index (χ1) is 13.7. The average molecular weight is 456 g/mol. The smallest absolute Gasteiger partial charge is 0.242 e. The molecule has 0 aliphatic rings. The maximum absolute atomic E-state index is 13.2. The van der Waals surface area contributed by atoms with Crippen molar-refractivity contribution >= 4 is 46.6 Å². The third kappa shape index (κ3) is 6.63. The van der Waals surface area contributed by atoms with Crippen molar-refractivity contribution in [2.24, 2.45) is 0 Å². The number of amides is 2. The number of carbonyl (C=O) groups is 2. The highest BCUT2D eigenvalue weighted by Gasteiger charge is 2.27. The Labute approximate surface area is 187 Å². The van der Waals surface area contributed by atoms with Gasteiger partial charge in [0.05, 0.1) is 6.42 Å². The number of hydrogen-bond acceptors (Lipinski definition) is 2. The maximum Gasteiger partial charge on any atom is 0.242 e. The van der Waals surface area contributed by atoms with Crippen molar-refractivity contribution in [3.8, 4) is 0 Å². The number of benzene rings is 2. The van der Waals surface area contributed by atoms with Gasteiger partial charge in [-0.05, 0) is 49.6 Å². The van der Waals surface area contributed by atoms with E-state index in [0.29, 0.717) is 26.2 Å². The van der Waals surface area contributed by atoms with Gasteiger partial charge in [0.25, 0.3) is 0 Å². The van der Waals surface area contributed by atoms with Crippen molar-refractivity contribution in [1.29, 1.82) is 0 Å². The molecule has 156 valence electrons. The SMILES string of the molecule is CCC(C)NC(=O)C(C)N(Cc1ccc(Cl)cc1Cl)C(=O)Cc1ccccc1Cl. The second-order valence-corrected chi connectivity index (χ2v) is 8.27. The number of nitrogens with one attached hydrogen (secondary N) is 1. The Morgan fingerprint density at radius 2 is 1.69 bits per heavy atom. The molecular weight excluding hydrogens is 431 g/mol. The zero-order chi connectivity index (χ0) is 21.6. The zero-order valence-corrected chi connectivity index (χ0v) is 19.0. The summed E-state index contributed by atoms with van der Waals surface area (Å²) in [6.07, 6.45) is 0.890. The van der Waals surface area contributed by atoms with Crippen LogP contribution in [0.25, 0.3) is 0 Å². The van der Waals surface area contributed by atoms with Gasteiger partial charge >= 0.3 is 0 Å². The van der Waals surface area contributed by atoms with Crippen LogP contribution in [0.1, 0.15) is 38.3 Å². The lowest BCUT2D eigenvalue weighted by atomic mass is 10.1. The first kappa shape index (κ1) is 23.5. The number of nitrogens with zero attached hydrogens (tertiary/aromatic N) is 1. The van der Waals surface area contributed by atoms with Gasteiger partial charge in [-0.15, -0.1) is 0 Å². The molecule has 0 spiro atoms. The van der Waals surface area contributed by atoms with E-state index in [2.05, 4.69) is 5.32 Å². The van der Waals surface area contributed by atoms with E-state index in [1.807, 2.05) is 26.0 Å². The third-order valence-corrected chi connectivity index (χ3v) is 5.78. The normalized spacial score (nSPS) is 12.9. The largest absolute Gasteiger partial charge is 0.352 e. The summed E-state index contributed by atoms with van der Waals surface area (Å²) in [5, 5.41) is 4.41. The summed E-state index contributed by atoms with van der Waals surface area (Å²) >= 11 is 18.5. The van der Waals surface area contributed by atoms with Crippen LogP contribution in [0, 0.1) is 0 Å². The van der Waals surface area contributed by atoms with Crippen LogP contribution < -0.4 is 5.32 Å². The minimum Gasteiger partial charge on any atom is -0.352 e. The topological polar surface area (TPSA) is 49.4 Å². The fourth-order valence-corrected chi connectivity index (χ4v) is 3.46. The molecule has 2 atom stereocenters. The Morgan fingerprint density at radius 3 is 2.31 bits per heavy atom.